The number of aromatic nitrogens is 2. The number of hydrogen-bond acceptors (Lipinski definition) is 6. The highest BCUT2D eigenvalue weighted by Crippen LogP contribution is 2.37. The zero-order valence-electron chi connectivity index (χ0n) is 9.91. The summed E-state index contributed by atoms with van der Waals surface area (Å²) in [5.41, 5.74) is 4.99. The van der Waals surface area contributed by atoms with Gasteiger partial charge in [0.1, 0.15) is 5.84 Å². The van der Waals surface area contributed by atoms with E-state index in [1.165, 1.54) is 30.6 Å². The third-order valence-corrected chi connectivity index (χ3v) is 2.56. The van der Waals surface area contributed by atoms with Crippen LogP contribution in [0.2, 0.25) is 5.02 Å². The molecule has 0 aliphatic rings. The fourth-order valence-corrected chi connectivity index (χ4v) is 1.63. The van der Waals surface area contributed by atoms with Gasteiger partial charge in [0.05, 0.1) is 9.95 Å². The van der Waals surface area contributed by atoms with Gasteiger partial charge in [-0.1, -0.05) is 17.7 Å². The van der Waals surface area contributed by atoms with Crippen molar-refractivity contribution in [3.05, 3.63) is 51.4 Å². The van der Waals surface area contributed by atoms with Crippen molar-refractivity contribution in [1.29, 1.82) is 5.41 Å². The Morgan fingerprint density at radius 2 is 2.10 bits per heavy atom. The number of benzene rings is 1. The molecule has 2 rings (SSSR count). The molecule has 0 atom stereocenters. The summed E-state index contributed by atoms with van der Waals surface area (Å²) >= 11 is 5.89. The van der Waals surface area contributed by atoms with E-state index in [0.29, 0.717) is 0 Å². The van der Waals surface area contributed by atoms with Gasteiger partial charge in [-0.15, -0.1) is 0 Å². The van der Waals surface area contributed by atoms with Crippen molar-refractivity contribution in [2.75, 3.05) is 0 Å². The van der Waals surface area contributed by atoms with E-state index in [4.69, 9.17) is 27.5 Å². The molecule has 1 heterocycles. The van der Waals surface area contributed by atoms with E-state index in [1.807, 2.05) is 0 Å². The number of hydrogen-bond donors (Lipinski definition) is 2. The molecule has 8 nitrogen and oxygen atoms in total. The average Bonchev–Trinajstić information content (AvgIpc) is 2.41. The Morgan fingerprint density at radius 3 is 2.75 bits per heavy atom. The lowest BCUT2D eigenvalue weighted by molar-refractivity contribution is -0.385. The largest absolute Gasteiger partial charge is 0.428 e. The molecule has 0 aliphatic carbocycles. The molecule has 0 aliphatic heterocycles. The maximum absolute atomic E-state index is 10.9. The first-order chi connectivity index (χ1) is 9.50. The van der Waals surface area contributed by atoms with Crippen LogP contribution >= 0.6 is 11.6 Å². The first-order valence-electron chi connectivity index (χ1n) is 5.27. The summed E-state index contributed by atoms with van der Waals surface area (Å²) in [5.74, 6) is -0.679. The lowest BCUT2D eigenvalue weighted by Crippen LogP contribution is -2.15. The molecule has 2 aromatic rings. The summed E-state index contributed by atoms with van der Waals surface area (Å²) in [7, 11) is 0. The number of nitro groups is 1. The van der Waals surface area contributed by atoms with Gasteiger partial charge in [0.25, 0.3) is 0 Å². The van der Waals surface area contributed by atoms with Crippen LogP contribution in [0.25, 0.3) is 0 Å². The third kappa shape index (κ3) is 2.64. The van der Waals surface area contributed by atoms with Gasteiger partial charge in [0.2, 0.25) is 11.6 Å². The van der Waals surface area contributed by atoms with Crippen LogP contribution in [-0.2, 0) is 0 Å². The number of amidine groups is 1. The number of nitrogens with one attached hydrogen (secondary N) is 1. The molecular formula is C11H8ClN5O3. The Bertz CT molecular complexity index is 692. The van der Waals surface area contributed by atoms with E-state index < -0.39 is 4.92 Å². The predicted octanol–water partition coefficient (Wildman–Crippen LogP) is 2.11. The second-order valence-electron chi connectivity index (χ2n) is 3.57. The molecule has 0 amide bonds. The van der Waals surface area contributed by atoms with Gasteiger partial charge in [-0.25, -0.2) is 9.97 Å². The van der Waals surface area contributed by atoms with Gasteiger partial charge in [0, 0.05) is 18.5 Å². The Hall–Kier alpha value is -2.74. The van der Waals surface area contributed by atoms with E-state index in [-0.39, 0.29) is 33.9 Å². The zero-order chi connectivity index (χ0) is 14.7. The molecule has 0 unspecified atom stereocenters. The minimum absolute atomic E-state index is 0.0262. The standard InChI is InChI=1S/C11H8ClN5O3/c12-6-2-1-3-7(17(18)19)9(6)20-11-8(10(13)14)15-4-5-16-11/h1-5H,(H3,13,14). The molecule has 0 spiro atoms. The van der Waals surface area contributed by atoms with Crippen LogP contribution in [0.4, 0.5) is 5.69 Å². The topological polar surface area (TPSA) is 128 Å². The second-order valence-corrected chi connectivity index (χ2v) is 3.98. The predicted molar refractivity (Wildman–Crippen MR) is 71.2 cm³/mol. The van der Waals surface area contributed by atoms with Crippen molar-refractivity contribution in [2.24, 2.45) is 5.73 Å². The molecule has 0 radical (unpaired) electrons. The van der Waals surface area contributed by atoms with E-state index >= 15 is 0 Å². The number of para-hydroxylation sites is 1. The summed E-state index contributed by atoms with van der Waals surface area (Å²) in [6.45, 7) is 0. The summed E-state index contributed by atoms with van der Waals surface area (Å²) in [4.78, 5) is 18.0. The van der Waals surface area contributed by atoms with Crippen molar-refractivity contribution in [3.63, 3.8) is 0 Å². The smallest absolute Gasteiger partial charge is 0.313 e. The molecule has 20 heavy (non-hydrogen) atoms. The number of halogens is 1. The maximum Gasteiger partial charge on any atom is 0.313 e. The van der Waals surface area contributed by atoms with Crippen LogP contribution in [0.15, 0.2) is 30.6 Å². The lowest BCUT2D eigenvalue weighted by atomic mass is 10.3. The van der Waals surface area contributed by atoms with Gasteiger partial charge in [-0.3, -0.25) is 15.5 Å². The fraction of sp³-hybridized carbons (Fsp3) is 0. The quantitative estimate of drug-likeness (QED) is 0.384. The minimum Gasteiger partial charge on any atom is -0.428 e. The average molecular weight is 294 g/mol. The summed E-state index contributed by atoms with van der Waals surface area (Å²) < 4.78 is 5.33. The maximum atomic E-state index is 10.9. The summed E-state index contributed by atoms with van der Waals surface area (Å²) in [6.07, 6.45) is 2.63. The van der Waals surface area contributed by atoms with Crippen LogP contribution in [0.1, 0.15) is 5.69 Å². The Balaban J connectivity index is 2.51. The van der Waals surface area contributed by atoms with Crippen molar-refractivity contribution >= 4 is 23.1 Å². The van der Waals surface area contributed by atoms with Gasteiger partial charge in [-0.05, 0) is 6.07 Å². The molecule has 9 heteroatoms. The number of nitrogens with zero attached hydrogens (tertiary/aromatic N) is 3. The van der Waals surface area contributed by atoms with E-state index in [0.717, 1.165) is 0 Å². The summed E-state index contributed by atoms with van der Waals surface area (Å²) in [6, 6.07) is 4.11. The monoisotopic (exact) mass is 293 g/mol. The molecule has 102 valence electrons. The fourth-order valence-electron chi connectivity index (χ4n) is 1.42. The van der Waals surface area contributed by atoms with Crippen molar-refractivity contribution in [3.8, 4) is 11.6 Å². The van der Waals surface area contributed by atoms with Crippen molar-refractivity contribution in [2.45, 2.75) is 0 Å². The van der Waals surface area contributed by atoms with E-state index in [2.05, 4.69) is 9.97 Å². The number of rotatable bonds is 4. The van der Waals surface area contributed by atoms with E-state index in [1.54, 1.807) is 0 Å². The first kappa shape index (κ1) is 13.7. The van der Waals surface area contributed by atoms with Crippen LogP contribution < -0.4 is 10.5 Å². The number of ether oxygens (including phenoxy) is 1. The van der Waals surface area contributed by atoms with Crippen LogP contribution in [-0.4, -0.2) is 20.7 Å². The Labute approximate surface area is 117 Å². The highest BCUT2D eigenvalue weighted by molar-refractivity contribution is 6.32. The third-order valence-electron chi connectivity index (χ3n) is 2.26. The number of nitro benzene ring substituents is 1. The first-order valence-corrected chi connectivity index (χ1v) is 5.64. The van der Waals surface area contributed by atoms with Crippen LogP contribution in [0.5, 0.6) is 11.6 Å². The number of nitrogen functional groups attached to an aromatic ring is 1. The minimum atomic E-state index is -0.634. The van der Waals surface area contributed by atoms with Crippen molar-refractivity contribution < 1.29 is 9.66 Å². The highest BCUT2D eigenvalue weighted by atomic mass is 35.5. The normalized spacial score (nSPS) is 10.1. The summed E-state index contributed by atoms with van der Waals surface area (Å²) in [5, 5.41) is 18.4. The molecule has 1 aromatic carbocycles. The zero-order valence-corrected chi connectivity index (χ0v) is 10.7. The van der Waals surface area contributed by atoms with Gasteiger partial charge < -0.3 is 10.5 Å². The second kappa shape index (κ2) is 5.49. The van der Waals surface area contributed by atoms with Gasteiger partial charge >= 0.3 is 5.69 Å². The van der Waals surface area contributed by atoms with Gasteiger partial charge in [0.15, 0.2) is 5.69 Å². The Kier molecular flexibility index (Phi) is 3.76. The SMILES string of the molecule is N=C(N)c1nccnc1Oc1c(Cl)cccc1[N+](=O)[O-]. The highest BCUT2D eigenvalue weighted by Gasteiger charge is 2.21. The molecule has 3 N–H and O–H groups in total. The number of nitrogens with two attached hydrogens (primary N) is 1. The molecular weight excluding hydrogens is 286 g/mol. The Morgan fingerprint density at radius 1 is 1.40 bits per heavy atom. The molecule has 1 aromatic heterocycles. The van der Waals surface area contributed by atoms with Crippen molar-refractivity contribution in [1.82, 2.24) is 9.97 Å². The molecule has 0 saturated carbocycles. The molecule has 0 fully saturated rings. The van der Waals surface area contributed by atoms with E-state index in [9.17, 15) is 10.1 Å². The van der Waals surface area contributed by atoms with Crippen LogP contribution in [0.3, 0.4) is 0 Å². The lowest BCUT2D eigenvalue weighted by Gasteiger charge is -2.09. The molecule has 0 saturated heterocycles. The molecule has 0 bridgehead atoms. The van der Waals surface area contributed by atoms with Gasteiger partial charge in [-0.2, -0.15) is 0 Å². The van der Waals surface area contributed by atoms with Crippen LogP contribution in [0, 0.1) is 15.5 Å².